The molecular formula is C18H24N6O2S. The molecule has 1 aromatic heterocycles. The van der Waals surface area contributed by atoms with Gasteiger partial charge in [0.05, 0.1) is 17.5 Å². The van der Waals surface area contributed by atoms with Crippen molar-refractivity contribution in [2.24, 2.45) is 5.92 Å². The van der Waals surface area contributed by atoms with E-state index in [1.54, 1.807) is 18.5 Å². The minimum absolute atomic E-state index is 0.248. The van der Waals surface area contributed by atoms with E-state index in [2.05, 4.69) is 37.9 Å². The normalized spacial score (nSPS) is 20.6. The molecule has 8 nitrogen and oxygen atoms in total. The molecule has 1 aromatic carbocycles. The molecule has 0 aliphatic carbocycles. The summed E-state index contributed by atoms with van der Waals surface area (Å²) in [6.07, 6.45) is 5.43. The van der Waals surface area contributed by atoms with E-state index in [1.807, 2.05) is 6.07 Å². The zero-order valence-electron chi connectivity index (χ0n) is 15.5. The Labute approximate surface area is 159 Å². The molecule has 0 bridgehead atoms. The molecule has 144 valence electrons. The van der Waals surface area contributed by atoms with E-state index in [4.69, 9.17) is 0 Å². The third-order valence-electron chi connectivity index (χ3n) is 4.65. The predicted molar refractivity (Wildman–Crippen MR) is 105 cm³/mol. The molecule has 1 fully saturated rings. The van der Waals surface area contributed by atoms with E-state index < -0.39 is 10.0 Å². The summed E-state index contributed by atoms with van der Waals surface area (Å²) >= 11 is 0. The molecule has 1 aliphatic rings. The second-order valence-electron chi connectivity index (χ2n) is 7.06. The molecule has 2 atom stereocenters. The van der Waals surface area contributed by atoms with Crippen LogP contribution in [0.2, 0.25) is 0 Å². The van der Waals surface area contributed by atoms with Gasteiger partial charge in [0.1, 0.15) is 17.1 Å². The molecule has 9 heteroatoms. The largest absolute Gasteiger partial charge is 0.368 e. The third kappa shape index (κ3) is 4.91. The highest BCUT2D eigenvalue weighted by Gasteiger charge is 2.26. The topological polar surface area (TPSA) is 111 Å². The Balaban J connectivity index is 1.75. The Hall–Kier alpha value is -2.28. The highest BCUT2D eigenvalue weighted by Crippen LogP contribution is 2.29. The molecule has 3 rings (SSSR count). The van der Waals surface area contributed by atoms with Crippen LogP contribution in [0.3, 0.4) is 0 Å². The van der Waals surface area contributed by atoms with E-state index in [0.717, 1.165) is 37.0 Å². The van der Waals surface area contributed by atoms with E-state index in [9.17, 15) is 13.7 Å². The van der Waals surface area contributed by atoms with Crippen LogP contribution in [0, 0.1) is 17.2 Å². The van der Waals surface area contributed by atoms with Gasteiger partial charge in [-0.3, -0.25) is 9.97 Å². The molecule has 0 amide bonds. The van der Waals surface area contributed by atoms with Gasteiger partial charge in [0.25, 0.3) is 0 Å². The maximum Gasteiger partial charge on any atom is 0.208 e. The van der Waals surface area contributed by atoms with Crippen LogP contribution >= 0.6 is 0 Å². The SMILES string of the molecule is C[C@H]1C[C@@H](NCCNS(C)(=O)=O)CN(c2ccc(C#N)c3nccnc23)C1. The first-order valence-electron chi connectivity index (χ1n) is 8.94. The molecule has 0 spiro atoms. The first-order chi connectivity index (χ1) is 12.9. The van der Waals surface area contributed by atoms with Gasteiger partial charge in [0, 0.05) is 44.6 Å². The van der Waals surface area contributed by atoms with Gasteiger partial charge in [0.2, 0.25) is 10.0 Å². The van der Waals surface area contributed by atoms with Crippen LogP contribution in [0.15, 0.2) is 24.5 Å². The Bertz CT molecular complexity index is 956. The standard InChI is InChI=1S/C18H24N6O2S/c1-13-9-15(20-7-8-23-27(2,25)26)12-24(11-13)16-4-3-14(10-19)17-18(16)22-6-5-21-17/h3-6,13,15,20,23H,7-9,11-12H2,1-2H3/t13-,15+/m0/s1. The summed E-state index contributed by atoms with van der Waals surface area (Å²) in [5.74, 6) is 0.474. The second-order valence-corrected chi connectivity index (χ2v) is 8.89. The Morgan fingerprint density at radius 2 is 1.96 bits per heavy atom. The lowest BCUT2D eigenvalue weighted by Crippen LogP contribution is -2.50. The molecular weight excluding hydrogens is 364 g/mol. The second kappa shape index (κ2) is 8.17. The van der Waals surface area contributed by atoms with Crippen molar-refractivity contribution >= 4 is 26.7 Å². The fourth-order valence-corrected chi connectivity index (χ4v) is 4.07. The number of aromatic nitrogens is 2. The van der Waals surface area contributed by atoms with E-state index >= 15 is 0 Å². The molecule has 2 N–H and O–H groups in total. The lowest BCUT2D eigenvalue weighted by molar-refractivity contribution is 0.353. The van der Waals surface area contributed by atoms with Crippen LogP contribution in [0.25, 0.3) is 11.0 Å². The fourth-order valence-electron chi connectivity index (χ4n) is 3.60. The predicted octanol–water partition coefficient (Wildman–Crippen LogP) is 0.855. The number of piperidine rings is 1. The summed E-state index contributed by atoms with van der Waals surface area (Å²) in [5.41, 5.74) is 2.86. The van der Waals surface area contributed by atoms with Crippen LogP contribution < -0.4 is 14.9 Å². The van der Waals surface area contributed by atoms with E-state index in [0.29, 0.717) is 30.1 Å². The number of hydrogen-bond acceptors (Lipinski definition) is 7. The smallest absolute Gasteiger partial charge is 0.208 e. The number of hydrogen-bond donors (Lipinski definition) is 2. The molecule has 2 aromatic rings. The van der Waals surface area contributed by atoms with Crippen molar-refractivity contribution in [3.63, 3.8) is 0 Å². The van der Waals surface area contributed by atoms with Crippen molar-refractivity contribution < 1.29 is 8.42 Å². The van der Waals surface area contributed by atoms with Gasteiger partial charge in [0.15, 0.2) is 0 Å². The third-order valence-corrected chi connectivity index (χ3v) is 5.38. The van der Waals surface area contributed by atoms with Crippen LogP contribution in [0.5, 0.6) is 0 Å². The van der Waals surface area contributed by atoms with Gasteiger partial charge in [-0.15, -0.1) is 0 Å². The zero-order valence-corrected chi connectivity index (χ0v) is 16.3. The van der Waals surface area contributed by atoms with Gasteiger partial charge < -0.3 is 10.2 Å². The van der Waals surface area contributed by atoms with Gasteiger partial charge in [-0.25, -0.2) is 13.1 Å². The van der Waals surface area contributed by atoms with Crippen molar-refractivity contribution in [1.82, 2.24) is 20.0 Å². The number of nitrogens with one attached hydrogen (secondary N) is 2. The lowest BCUT2D eigenvalue weighted by Gasteiger charge is -2.38. The summed E-state index contributed by atoms with van der Waals surface area (Å²) in [7, 11) is -3.16. The van der Waals surface area contributed by atoms with Crippen molar-refractivity contribution in [1.29, 1.82) is 5.26 Å². The summed E-state index contributed by atoms with van der Waals surface area (Å²) < 4.78 is 24.8. The summed E-state index contributed by atoms with van der Waals surface area (Å²) in [4.78, 5) is 11.1. The van der Waals surface area contributed by atoms with Crippen LogP contribution in [-0.2, 0) is 10.0 Å². The number of sulfonamides is 1. The van der Waals surface area contributed by atoms with E-state index in [1.165, 1.54) is 0 Å². The Morgan fingerprint density at radius 1 is 1.22 bits per heavy atom. The summed E-state index contributed by atoms with van der Waals surface area (Å²) in [6, 6.07) is 6.16. The maximum absolute atomic E-state index is 11.2. The minimum Gasteiger partial charge on any atom is -0.368 e. The average molecular weight is 388 g/mol. The molecule has 1 aliphatic heterocycles. The highest BCUT2D eigenvalue weighted by molar-refractivity contribution is 7.88. The average Bonchev–Trinajstić information content (AvgIpc) is 2.63. The van der Waals surface area contributed by atoms with Gasteiger partial charge >= 0.3 is 0 Å². The monoisotopic (exact) mass is 388 g/mol. The van der Waals surface area contributed by atoms with Crippen LogP contribution in [0.1, 0.15) is 18.9 Å². The quantitative estimate of drug-likeness (QED) is 0.706. The summed E-state index contributed by atoms with van der Waals surface area (Å²) in [5, 5.41) is 12.7. The van der Waals surface area contributed by atoms with E-state index in [-0.39, 0.29) is 6.04 Å². The fraction of sp³-hybridized carbons (Fsp3) is 0.500. The maximum atomic E-state index is 11.2. The molecule has 0 saturated carbocycles. The van der Waals surface area contributed by atoms with Gasteiger partial charge in [-0.1, -0.05) is 6.92 Å². The number of nitriles is 1. The van der Waals surface area contributed by atoms with Crippen LogP contribution in [0.4, 0.5) is 5.69 Å². The Morgan fingerprint density at radius 3 is 2.67 bits per heavy atom. The molecule has 2 heterocycles. The number of fused-ring (bicyclic) bond motifs is 1. The zero-order chi connectivity index (χ0) is 19.4. The lowest BCUT2D eigenvalue weighted by atomic mass is 9.95. The highest BCUT2D eigenvalue weighted by atomic mass is 32.2. The van der Waals surface area contributed by atoms with Crippen LogP contribution in [-0.4, -0.2) is 56.9 Å². The minimum atomic E-state index is -3.16. The first-order valence-corrected chi connectivity index (χ1v) is 10.8. The molecule has 0 unspecified atom stereocenters. The summed E-state index contributed by atoms with van der Waals surface area (Å²) in [6.45, 7) is 4.84. The molecule has 27 heavy (non-hydrogen) atoms. The van der Waals surface area contributed by atoms with Gasteiger partial charge in [-0.05, 0) is 24.5 Å². The van der Waals surface area contributed by atoms with Crippen molar-refractivity contribution in [2.45, 2.75) is 19.4 Å². The van der Waals surface area contributed by atoms with Crippen molar-refractivity contribution in [2.75, 3.05) is 37.3 Å². The Kier molecular flexibility index (Phi) is 5.89. The number of rotatable bonds is 6. The number of benzene rings is 1. The molecule has 0 radical (unpaired) electrons. The first kappa shape index (κ1) is 19.5. The molecule has 1 saturated heterocycles. The number of anilines is 1. The van der Waals surface area contributed by atoms with Gasteiger partial charge in [-0.2, -0.15) is 5.26 Å². The van der Waals surface area contributed by atoms with Crippen molar-refractivity contribution in [3.8, 4) is 6.07 Å². The number of nitrogens with zero attached hydrogens (tertiary/aromatic N) is 4. The van der Waals surface area contributed by atoms with Crippen molar-refractivity contribution in [3.05, 3.63) is 30.1 Å².